The molecule has 12 heavy (non-hydrogen) atoms. The molecule has 0 saturated carbocycles. The normalized spacial score (nSPS) is 10.0. The second-order valence-corrected chi connectivity index (χ2v) is 2.50. The molecule has 0 saturated heterocycles. The van der Waals surface area contributed by atoms with Crippen LogP contribution in [0.4, 0.5) is 0 Å². The van der Waals surface area contributed by atoms with Crippen molar-refractivity contribution in [3.63, 3.8) is 0 Å². The highest BCUT2D eigenvalue weighted by Gasteiger charge is 2.03. The van der Waals surface area contributed by atoms with Gasteiger partial charge in [0.1, 0.15) is 5.69 Å². The summed E-state index contributed by atoms with van der Waals surface area (Å²) in [5, 5.41) is 15.8. The molecule has 0 radical (unpaired) electrons. The van der Waals surface area contributed by atoms with Gasteiger partial charge in [-0.3, -0.25) is 5.10 Å². The Morgan fingerprint density at radius 1 is 1.17 bits per heavy atom. The van der Waals surface area contributed by atoms with E-state index in [0.29, 0.717) is 5.69 Å². The average Bonchev–Trinajstić information content (AvgIpc) is 2.53. The average molecular weight is 160 g/mol. The van der Waals surface area contributed by atoms with Crippen LogP contribution in [0.2, 0.25) is 0 Å². The molecular weight excluding hydrogens is 152 g/mol. The van der Waals surface area contributed by atoms with E-state index in [1.165, 1.54) is 6.20 Å². The Hall–Kier alpha value is -1.77. The van der Waals surface area contributed by atoms with Crippen molar-refractivity contribution in [1.29, 1.82) is 0 Å². The topological polar surface area (TPSA) is 48.9 Å². The van der Waals surface area contributed by atoms with Crippen molar-refractivity contribution in [2.75, 3.05) is 0 Å². The smallest absolute Gasteiger partial charge is 0.161 e. The van der Waals surface area contributed by atoms with Gasteiger partial charge in [-0.05, 0) is 0 Å². The molecule has 1 heterocycles. The molecule has 0 aliphatic heterocycles. The van der Waals surface area contributed by atoms with E-state index in [1.54, 1.807) is 0 Å². The van der Waals surface area contributed by atoms with Crippen LogP contribution in [0.25, 0.3) is 11.3 Å². The zero-order chi connectivity index (χ0) is 8.39. The molecule has 0 spiro atoms. The molecule has 2 rings (SSSR count). The molecule has 0 unspecified atom stereocenters. The fourth-order valence-corrected chi connectivity index (χ4v) is 1.10. The second-order valence-electron chi connectivity index (χ2n) is 2.50. The lowest BCUT2D eigenvalue weighted by molar-refractivity contribution is 0.477. The summed E-state index contributed by atoms with van der Waals surface area (Å²) in [6.45, 7) is 0. The predicted octanol–water partition coefficient (Wildman–Crippen LogP) is 1.78. The fourth-order valence-electron chi connectivity index (χ4n) is 1.10. The number of nitrogens with one attached hydrogen (secondary N) is 1. The van der Waals surface area contributed by atoms with Gasteiger partial charge in [-0.15, -0.1) is 0 Å². The summed E-state index contributed by atoms with van der Waals surface area (Å²) in [6.07, 6.45) is 1.39. The first-order chi connectivity index (χ1) is 5.88. The highest BCUT2D eigenvalue weighted by Crippen LogP contribution is 2.24. The molecule has 0 fully saturated rings. The van der Waals surface area contributed by atoms with Crippen molar-refractivity contribution in [2.24, 2.45) is 0 Å². The lowest BCUT2D eigenvalue weighted by Gasteiger charge is -1.95. The van der Waals surface area contributed by atoms with Crippen molar-refractivity contribution in [2.45, 2.75) is 0 Å². The van der Waals surface area contributed by atoms with E-state index in [1.807, 2.05) is 30.3 Å². The zero-order valence-corrected chi connectivity index (χ0v) is 6.36. The Kier molecular flexibility index (Phi) is 1.55. The van der Waals surface area contributed by atoms with E-state index >= 15 is 0 Å². The highest BCUT2D eigenvalue weighted by molar-refractivity contribution is 5.64. The molecule has 0 aliphatic rings. The van der Waals surface area contributed by atoms with Gasteiger partial charge in [-0.2, -0.15) is 5.10 Å². The number of nitrogens with zero attached hydrogens (tertiary/aromatic N) is 1. The van der Waals surface area contributed by atoms with Gasteiger partial charge in [0.15, 0.2) is 5.75 Å². The van der Waals surface area contributed by atoms with Crippen molar-refractivity contribution in [3.8, 4) is 17.0 Å². The van der Waals surface area contributed by atoms with Crippen molar-refractivity contribution >= 4 is 0 Å². The summed E-state index contributed by atoms with van der Waals surface area (Å²) in [7, 11) is 0. The van der Waals surface area contributed by atoms with Crippen LogP contribution in [0.1, 0.15) is 0 Å². The summed E-state index contributed by atoms with van der Waals surface area (Å²) in [5.41, 5.74) is 1.60. The molecule has 1 aromatic carbocycles. The summed E-state index contributed by atoms with van der Waals surface area (Å²) in [5.74, 6) is 0.182. The maximum Gasteiger partial charge on any atom is 0.161 e. The van der Waals surface area contributed by atoms with Crippen molar-refractivity contribution < 1.29 is 5.11 Å². The van der Waals surface area contributed by atoms with E-state index in [9.17, 15) is 5.11 Å². The van der Waals surface area contributed by atoms with Gasteiger partial charge in [0.2, 0.25) is 0 Å². The molecule has 0 atom stereocenters. The van der Waals surface area contributed by atoms with Crippen LogP contribution in [-0.2, 0) is 0 Å². The van der Waals surface area contributed by atoms with Crippen LogP contribution >= 0.6 is 0 Å². The maximum absolute atomic E-state index is 9.31. The highest BCUT2D eigenvalue weighted by atomic mass is 16.3. The first kappa shape index (κ1) is 6.91. The first-order valence-electron chi connectivity index (χ1n) is 3.65. The van der Waals surface area contributed by atoms with Crippen LogP contribution in [0, 0.1) is 0 Å². The molecule has 0 bridgehead atoms. The fraction of sp³-hybridized carbons (Fsp3) is 0. The standard InChI is InChI=1S/C9H8N2O/c12-8-6-10-11-9(8)7-4-2-1-3-5-7/h1-6,12H,(H,10,11). The molecule has 0 aliphatic carbocycles. The molecule has 0 amide bonds. The largest absolute Gasteiger partial charge is 0.504 e. The minimum atomic E-state index is 0.182. The van der Waals surface area contributed by atoms with Crippen LogP contribution < -0.4 is 0 Å². The third-order valence-corrected chi connectivity index (χ3v) is 1.68. The number of H-pyrrole nitrogens is 1. The Labute approximate surface area is 69.7 Å². The number of hydrogen-bond donors (Lipinski definition) is 2. The van der Waals surface area contributed by atoms with Gasteiger partial charge in [0.05, 0.1) is 6.20 Å². The summed E-state index contributed by atoms with van der Waals surface area (Å²) in [4.78, 5) is 0. The van der Waals surface area contributed by atoms with Gasteiger partial charge < -0.3 is 5.11 Å². The molecule has 2 N–H and O–H groups in total. The summed E-state index contributed by atoms with van der Waals surface area (Å²) in [6, 6.07) is 9.57. The van der Waals surface area contributed by atoms with Crippen molar-refractivity contribution in [3.05, 3.63) is 36.5 Å². The van der Waals surface area contributed by atoms with Gasteiger partial charge in [-0.1, -0.05) is 30.3 Å². The molecule has 3 nitrogen and oxygen atoms in total. The van der Waals surface area contributed by atoms with Gasteiger partial charge in [0, 0.05) is 5.56 Å². The maximum atomic E-state index is 9.31. The first-order valence-corrected chi connectivity index (χ1v) is 3.65. The van der Waals surface area contributed by atoms with Gasteiger partial charge in [-0.25, -0.2) is 0 Å². The van der Waals surface area contributed by atoms with E-state index in [4.69, 9.17) is 0 Å². The molecule has 60 valence electrons. The summed E-state index contributed by atoms with van der Waals surface area (Å²) >= 11 is 0. The third-order valence-electron chi connectivity index (χ3n) is 1.68. The Bertz CT molecular complexity index is 367. The molecule has 2 aromatic rings. The lowest BCUT2D eigenvalue weighted by Crippen LogP contribution is -1.76. The SMILES string of the molecule is Oc1cn[nH]c1-c1ccccc1. The monoisotopic (exact) mass is 160 g/mol. The second kappa shape index (κ2) is 2.70. The van der Waals surface area contributed by atoms with Crippen LogP contribution in [0.15, 0.2) is 36.5 Å². The van der Waals surface area contributed by atoms with E-state index < -0.39 is 0 Å². The molecular formula is C9H8N2O. The molecule has 3 heteroatoms. The van der Waals surface area contributed by atoms with Crippen molar-refractivity contribution in [1.82, 2.24) is 10.2 Å². The Balaban J connectivity index is 2.51. The van der Waals surface area contributed by atoms with E-state index in [-0.39, 0.29) is 5.75 Å². The van der Waals surface area contributed by atoms with E-state index in [2.05, 4.69) is 10.2 Å². The number of aromatic nitrogens is 2. The predicted molar refractivity (Wildman–Crippen MR) is 45.7 cm³/mol. The summed E-state index contributed by atoms with van der Waals surface area (Å²) < 4.78 is 0. The number of aromatic amines is 1. The quantitative estimate of drug-likeness (QED) is 0.668. The Morgan fingerprint density at radius 2 is 1.92 bits per heavy atom. The number of aromatic hydroxyl groups is 1. The Morgan fingerprint density at radius 3 is 2.50 bits per heavy atom. The van der Waals surface area contributed by atoms with Gasteiger partial charge >= 0.3 is 0 Å². The number of benzene rings is 1. The third kappa shape index (κ3) is 1.05. The number of rotatable bonds is 1. The number of hydrogen-bond acceptors (Lipinski definition) is 2. The van der Waals surface area contributed by atoms with Crippen LogP contribution in [0.5, 0.6) is 5.75 Å². The molecule has 1 aromatic heterocycles. The minimum Gasteiger partial charge on any atom is -0.504 e. The zero-order valence-electron chi connectivity index (χ0n) is 6.36. The minimum absolute atomic E-state index is 0.182. The lowest BCUT2D eigenvalue weighted by atomic mass is 10.1. The van der Waals surface area contributed by atoms with E-state index in [0.717, 1.165) is 5.56 Å². The van der Waals surface area contributed by atoms with Crippen LogP contribution in [0.3, 0.4) is 0 Å². The van der Waals surface area contributed by atoms with Gasteiger partial charge in [0.25, 0.3) is 0 Å². The van der Waals surface area contributed by atoms with Crippen LogP contribution in [-0.4, -0.2) is 15.3 Å².